The van der Waals surface area contributed by atoms with E-state index in [0.29, 0.717) is 11.6 Å². The molecule has 0 atom stereocenters. The lowest BCUT2D eigenvalue weighted by molar-refractivity contribution is 0.0696. The predicted octanol–water partition coefficient (Wildman–Crippen LogP) is 4.49. The van der Waals surface area contributed by atoms with E-state index in [-0.39, 0.29) is 17.9 Å². The first-order valence-corrected chi connectivity index (χ1v) is 11.6. The molecule has 1 saturated heterocycles. The highest BCUT2D eigenvalue weighted by Crippen LogP contribution is 2.28. The Morgan fingerprint density at radius 1 is 0.871 bits per heavy atom. The van der Waals surface area contributed by atoms with Crippen LogP contribution in [0, 0.1) is 0 Å². The van der Waals surface area contributed by atoms with Crippen molar-refractivity contribution in [3.63, 3.8) is 0 Å². The topological polar surface area (TPSA) is 52.7 Å². The van der Waals surface area contributed by atoms with Gasteiger partial charge in [-0.2, -0.15) is 0 Å². The van der Waals surface area contributed by atoms with Gasteiger partial charge in [-0.15, -0.1) is 0 Å². The molecule has 1 heterocycles. The molecule has 1 saturated carbocycles. The van der Waals surface area contributed by atoms with Gasteiger partial charge in [0.05, 0.1) is 5.56 Å². The minimum Gasteiger partial charge on any atom is -0.371 e. The maximum atomic E-state index is 13.3. The molecule has 164 valence electrons. The highest BCUT2D eigenvalue weighted by molar-refractivity contribution is 6.00. The molecule has 4 rings (SSSR count). The molecule has 0 bridgehead atoms. The summed E-state index contributed by atoms with van der Waals surface area (Å²) in [6.07, 6.45) is 7.68. The standard InChI is InChI=1S/C26H33N3O2/c1-28(22-12-6-3-7-13-22)26(31)23-14-8-9-15-24(23)29-18-16-21(17-19-29)27-25(30)20-10-4-2-5-11-20/h2,4-5,8-11,14-15,21-22H,3,6-7,12-13,16-19H2,1H3,(H,27,30). The molecular weight excluding hydrogens is 386 g/mol. The third-order valence-electron chi connectivity index (χ3n) is 6.78. The third-order valence-corrected chi connectivity index (χ3v) is 6.78. The molecule has 1 N–H and O–H groups in total. The third kappa shape index (κ3) is 5.09. The minimum absolute atomic E-state index is 0.0104. The molecule has 5 heteroatoms. The number of anilines is 1. The summed E-state index contributed by atoms with van der Waals surface area (Å²) in [5, 5.41) is 3.17. The summed E-state index contributed by atoms with van der Waals surface area (Å²) in [5.41, 5.74) is 2.51. The largest absolute Gasteiger partial charge is 0.371 e. The Balaban J connectivity index is 1.39. The van der Waals surface area contributed by atoms with E-state index in [1.807, 2.05) is 60.5 Å². The van der Waals surface area contributed by atoms with Crippen molar-refractivity contribution in [3.8, 4) is 0 Å². The number of nitrogens with one attached hydrogen (secondary N) is 1. The Kier molecular flexibility index (Phi) is 6.90. The average molecular weight is 420 g/mol. The van der Waals surface area contributed by atoms with Gasteiger partial charge < -0.3 is 15.1 Å². The van der Waals surface area contributed by atoms with Crippen molar-refractivity contribution in [1.82, 2.24) is 10.2 Å². The maximum Gasteiger partial charge on any atom is 0.255 e. The van der Waals surface area contributed by atoms with Crippen molar-refractivity contribution in [2.24, 2.45) is 0 Å². The van der Waals surface area contributed by atoms with Crippen LogP contribution in [0.15, 0.2) is 54.6 Å². The first kappa shape index (κ1) is 21.4. The number of amides is 2. The van der Waals surface area contributed by atoms with Crippen molar-refractivity contribution in [3.05, 3.63) is 65.7 Å². The summed E-state index contributed by atoms with van der Waals surface area (Å²) in [5.74, 6) is 0.116. The van der Waals surface area contributed by atoms with Gasteiger partial charge in [-0.1, -0.05) is 49.6 Å². The second kappa shape index (κ2) is 9.99. The molecular formula is C26H33N3O2. The molecule has 2 aliphatic rings. The molecule has 2 fully saturated rings. The number of hydrogen-bond donors (Lipinski definition) is 1. The second-order valence-corrected chi connectivity index (χ2v) is 8.83. The average Bonchev–Trinajstić information content (AvgIpc) is 2.84. The van der Waals surface area contributed by atoms with E-state index >= 15 is 0 Å². The van der Waals surface area contributed by atoms with Crippen molar-refractivity contribution < 1.29 is 9.59 Å². The number of piperidine rings is 1. The van der Waals surface area contributed by atoms with Crippen LogP contribution in [0.4, 0.5) is 5.69 Å². The predicted molar refractivity (Wildman–Crippen MR) is 125 cm³/mol. The van der Waals surface area contributed by atoms with E-state index in [9.17, 15) is 9.59 Å². The van der Waals surface area contributed by atoms with Gasteiger partial charge in [-0.25, -0.2) is 0 Å². The zero-order chi connectivity index (χ0) is 21.6. The summed E-state index contributed by atoms with van der Waals surface area (Å²) in [6.45, 7) is 1.66. The lowest BCUT2D eigenvalue weighted by atomic mass is 9.94. The molecule has 1 aliphatic carbocycles. The van der Waals surface area contributed by atoms with Gasteiger partial charge in [-0.05, 0) is 49.9 Å². The molecule has 2 amide bonds. The van der Waals surface area contributed by atoms with Crippen LogP contribution < -0.4 is 10.2 Å². The first-order valence-electron chi connectivity index (χ1n) is 11.6. The monoisotopic (exact) mass is 419 g/mol. The van der Waals surface area contributed by atoms with E-state index in [1.165, 1.54) is 19.3 Å². The highest BCUT2D eigenvalue weighted by atomic mass is 16.2. The number of hydrogen-bond acceptors (Lipinski definition) is 3. The number of carbonyl (C=O) groups is 2. The highest BCUT2D eigenvalue weighted by Gasteiger charge is 2.27. The Bertz CT molecular complexity index is 885. The van der Waals surface area contributed by atoms with E-state index in [1.54, 1.807) is 0 Å². The zero-order valence-corrected chi connectivity index (χ0v) is 18.4. The molecule has 5 nitrogen and oxygen atoms in total. The molecule has 2 aromatic carbocycles. The lowest BCUT2D eigenvalue weighted by Gasteiger charge is -2.36. The minimum atomic E-state index is -0.0104. The fourth-order valence-corrected chi connectivity index (χ4v) is 4.88. The van der Waals surface area contributed by atoms with Gasteiger partial charge in [0.15, 0.2) is 0 Å². The van der Waals surface area contributed by atoms with Crippen LogP contribution in [0.3, 0.4) is 0 Å². The second-order valence-electron chi connectivity index (χ2n) is 8.83. The van der Waals surface area contributed by atoms with Crippen molar-refractivity contribution >= 4 is 17.5 Å². The number of nitrogens with zero attached hydrogens (tertiary/aromatic N) is 2. The fraction of sp³-hybridized carbons (Fsp3) is 0.462. The molecule has 1 aliphatic heterocycles. The van der Waals surface area contributed by atoms with Gasteiger partial charge in [0.25, 0.3) is 11.8 Å². The maximum absolute atomic E-state index is 13.3. The van der Waals surface area contributed by atoms with Crippen LogP contribution in [0.5, 0.6) is 0 Å². The molecule has 0 radical (unpaired) electrons. The van der Waals surface area contributed by atoms with Gasteiger partial charge in [0, 0.05) is 43.5 Å². The molecule has 2 aromatic rings. The number of benzene rings is 2. The lowest BCUT2D eigenvalue weighted by Crippen LogP contribution is -2.45. The quantitative estimate of drug-likeness (QED) is 0.777. The summed E-state index contributed by atoms with van der Waals surface area (Å²) >= 11 is 0. The molecule has 31 heavy (non-hydrogen) atoms. The summed E-state index contributed by atoms with van der Waals surface area (Å²) in [6, 6.07) is 17.9. The van der Waals surface area contributed by atoms with Gasteiger partial charge in [-0.3, -0.25) is 9.59 Å². The number of carbonyl (C=O) groups excluding carboxylic acids is 2. The molecule has 0 unspecified atom stereocenters. The van der Waals surface area contributed by atoms with Crippen LogP contribution >= 0.6 is 0 Å². The van der Waals surface area contributed by atoms with Gasteiger partial charge >= 0.3 is 0 Å². The Morgan fingerprint density at radius 3 is 2.23 bits per heavy atom. The Morgan fingerprint density at radius 2 is 1.52 bits per heavy atom. The summed E-state index contributed by atoms with van der Waals surface area (Å²) in [4.78, 5) is 30.0. The summed E-state index contributed by atoms with van der Waals surface area (Å²) in [7, 11) is 1.96. The van der Waals surface area contributed by atoms with E-state index in [4.69, 9.17) is 0 Å². The van der Waals surface area contributed by atoms with E-state index < -0.39 is 0 Å². The van der Waals surface area contributed by atoms with Crippen molar-refractivity contribution in [2.45, 2.75) is 57.0 Å². The van der Waals surface area contributed by atoms with E-state index in [2.05, 4.69) is 16.3 Å². The molecule has 0 spiro atoms. The van der Waals surface area contributed by atoms with Crippen LogP contribution in [-0.2, 0) is 0 Å². The van der Waals surface area contributed by atoms with Crippen LogP contribution in [0.25, 0.3) is 0 Å². The van der Waals surface area contributed by atoms with E-state index in [0.717, 1.165) is 50.0 Å². The molecule has 0 aromatic heterocycles. The number of rotatable bonds is 5. The van der Waals surface area contributed by atoms with Gasteiger partial charge in [0.2, 0.25) is 0 Å². The Labute approximate surface area is 185 Å². The van der Waals surface area contributed by atoms with Crippen molar-refractivity contribution in [2.75, 3.05) is 25.0 Å². The number of para-hydroxylation sites is 1. The van der Waals surface area contributed by atoms with Crippen molar-refractivity contribution in [1.29, 1.82) is 0 Å². The van der Waals surface area contributed by atoms with Crippen LogP contribution in [-0.4, -0.2) is 48.9 Å². The van der Waals surface area contributed by atoms with Crippen LogP contribution in [0.2, 0.25) is 0 Å². The fourth-order valence-electron chi connectivity index (χ4n) is 4.88. The van der Waals surface area contributed by atoms with Gasteiger partial charge in [0.1, 0.15) is 0 Å². The zero-order valence-electron chi connectivity index (χ0n) is 18.4. The SMILES string of the molecule is CN(C(=O)c1ccccc1N1CCC(NC(=O)c2ccccc2)CC1)C1CCCCC1. The first-order chi connectivity index (χ1) is 15.1. The normalized spacial score (nSPS) is 17.9. The summed E-state index contributed by atoms with van der Waals surface area (Å²) < 4.78 is 0. The Hall–Kier alpha value is -2.82. The smallest absolute Gasteiger partial charge is 0.255 e. The van der Waals surface area contributed by atoms with Crippen LogP contribution in [0.1, 0.15) is 65.7 Å².